The molecule has 0 amide bonds. The summed E-state index contributed by atoms with van der Waals surface area (Å²) in [7, 11) is -1.38. The zero-order valence-electron chi connectivity index (χ0n) is 13.4. The van der Waals surface area contributed by atoms with Gasteiger partial charge in [-0.1, -0.05) is 0 Å². The summed E-state index contributed by atoms with van der Waals surface area (Å²) < 4.78 is 23.7. The van der Waals surface area contributed by atoms with Gasteiger partial charge in [0.05, 0.1) is 17.2 Å². The summed E-state index contributed by atoms with van der Waals surface area (Å²) in [6, 6.07) is -0.0540. The van der Waals surface area contributed by atoms with Gasteiger partial charge in [0.25, 0.3) is 0 Å². The topological polar surface area (TPSA) is 132 Å². The molecule has 1 aromatic heterocycles. The van der Waals surface area contributed by atoms with Gasteiger partial charge in [-0.15, -0.1) is 0 Å². The number of aliphatic imine (C=N–C) groups is 1. The van der Waals surface area contributed by atoms with Gasteiger partial charge in [0, 0.05) is 25.9 Å². The van der Waals surface area contributed by atoms with Crippen molar-refractivity contribution in [2.45, 2.75) is 25.9 Å². The van der Waals surface area contributed by atoms with Crippen molar-refractivity contribution in [3.8, 4) is 0 Å². The van der Waals surface area contributed by atoms with E-state index in [1.54, 1.807) is 7.05 Å². The molecule has 0 saturated carbocycles. The highest BCUT2D eigenvalue weighted by atomic mass is 32.2. The number of aromatic nitrogens is 2. The van der Waals surface area contributed by atoms with Gasteiger partial charge in [-0.05, 0) is 13.3 Å². The summed E-state index contributed by atoms with van der Waals surface area (Å²) in [5.41, 5.74) is -0.0538. The average molecular weight is 346 g/mol. The molecule has 130 valence electrons. The number of rotatable bonds is 8. The SMILES string of the molecule is CN=C(NCCn1cc([N+](=O)[O-])cn1)NC(C)CCS(C)(=O)=O. The minimum absolute atomic E-state index is 0.0538. The van der Waals surface area contributed by atoms with Crippen LogP contribution in [0.1, 0.15) is 13.3 Å². The van der Waals surface area contributed by atoms with Crippen molar-refractivity contribution in [3.05, 3.63) is 22.5 Å². The Hall–Kier alpha value is -2.17. The third-order valence-corrected chi connectivity index (χ3v) is 3.97. The largest absolute Gasteiger partial charge is 0.355 e. The standard InChI is InChI=1S/C12H22N6O4S/c1-10(4-7-23(3,21)22)16-12(13-2)14-5-6-17-9-11(8-15-17)18(19)20/h8-10H,4-7H2,1-3H3,(H2,13,14,16). The summed E-state index contributed by atoms with van der Waals surface area (Å²) >= 11 is 0. The molecule has 0 aliphatic rings. The van der Waals surface area contributed by atoms with Gasteiger partial charge in [0.2, 0.25) is 0 Å². The van der Waals surface area contributed by atoms with E-state index < -0.39 is 14.8 Å². The van der Waals surface area contributed by atoms with Gasteiger partial charge in [-0.2, -0.15) is 5.10 Å². The fourth-order valence-electron chi connectivity index (χ4n) is 1.75. The number of nitrogens with one attached hydrogen (secondary N) is 2. The van der Waals surface area contributed by atoms with Crippen molar-refractivity contribution < 1.29 is 13.3 Å². The molecule has 1 rings (SSSR count). The number of nitro groups is 1. The first-order valence-electron chi connectivity index (χ1n) is 7.03. The first-order chi connectivity index (χ1) is 10.7. The average Bonchev–Trinajstić information content (AvgIpc) is 2.92. The van der Waals surface area contributed by atoms with Crippen molar-refractivity contribution in [2.75, 3.05) is 25.6 Å². The van der Waals surface area contributed by atoms with E-state index in [1.165, 1.54) is 23.3 Å². The predicted octanol–water partition coefficient (Wildman–Crippen LogP) is -0.220. The summed E-state index contributed by atoms with van der Waals surface area (Å²) in [6.45, 7) is 2.78. The summed E-state index contributed by atoms with van der Waals surface area (Å²) in [5.74, 6) is 0.641. The second-order valence-electron chi connectivity index (χ2n) is 5.18. The number of hydrogen-bond acceptors (Lipinski definition) is 6. The van der Waals surface area contributed by atoms with E-state index in [0.717, 1.165) is 0 Å². The Labute approximate surface area is 135 Å². The first kappa shape index (κ1) is 18.9. The lowest BCUT2D eigenvalue weighted by atomic mass is 10.3. The van der Waals surface area contributed by atoms with Gasteiger partial charge < -0.3 is 10.6 Å². The lowest BCUT2D eigenvalue weighted by molar-refractivity contribution is -0.385. The van der Waals surface area contributed by atoms with E-state index in [9.17, 15) is 18.5 Å². The lowest BCUT2D eigenvalue weighted by Gasteiger charge is -2.17. The molecule has 0 spiro atoms. The number of sulfone groups is 1. The molecule has 2 N–H and O–H groups in total. The maximum absolute atomic E-state index is 11.1. The fraction of sp³-hybridized carbons (Fsp3) is 0.667. The zero-order valence-corrected chi connectivity index (χ0v) is 14.2. The fourth-order valence-corrected chi connectivity index (χ4v) is 2.53. The Balaban J connectivity index is 2.37. The van der Waals surface area contributed by atoms with Crippen molar-refractivity contribution in [1.29, 1.82) is 0 Å². The third kappa shape index (κ3) is 7.58. The molecule has 23 heavy (non-hydrogen) atoms. The van der Waals surface area contributed by atoms with Crippen LogP contribution >= 0.6 is 0 Å². The molecule has 11 heteroatoms. The van der Waals surface area contributed by atoms with Crippen LogP contribution in [0.2, 0.25) is 0 Å². The Bertz CT molecular complexity index is 654. The lowest BCUT2D eigenvalue weighted by Crippen LogP contribution is -2.43. The Morgan fingerprint density at radius 2 is 2.26 bits per heavy atom. The highest BCUT2D eigenvalue weighted by Crippen LogP contribution is 2.06. The Morgan fingerprint density at radius 3 is 2.78 bits per heavy atom. The molecule has 10 nitrogen and oxygen atoms in total. The van der Waals surface area contributed by atoms with Crippen LogP contribution in [0.4, 0.5) is 5.69 Å². The van der Waals surface area contributed by atoms with Crippen LogP contribution in [0.15, 0.2) is 17.4 Å². The van der Waals surface area contributed by atoms with Gasteiger partial charge >= 0.3 is 5.69 Å². The highest BCUT2D eigenvalue weighted by molar-refractivity contribution is 7.90. The Kier molecular flexibility index (Phi) is 6.94. The van der Waals surface area contributed by atoms with Crippen LogP contribution in [-0.2, 0) is 16.4 Å². The molecule has 0 saturated heterocycles. The van der Waals surface area contributed by atoms with Crippen LogP contribution < -0.4 is 10.6 Å². The molecule has 0 radical (unpaired) electrons. The van der Waals surface area contributed by atoms with E-state index in [4.69, 9.17) is 0 Å². The summed E-state index contributed by atoms with van der Waals surface area (Å²) in [4.78, 5) is 14.1. The zero-order chi connectivity index (χ0) is 17.5. The molecule has 0 fully saturated rings. The van der Waals surface area contributed by atoms with Crippen LogP contribution in [0.5, 0.6) is 0 Å². The monoisotopic (exact) mass is 346 g/mol. The van der Waals surface area contributed by atoms with Crippen molar-refractivity contribution in [1.82, 2.24) is 20.4 Å². The normalized spacial score (nSPS) is 13.6. The molecular weight excluding hydrogens is 324 g/mol. The number of nitrogens with zero attached hydrogens (tertiary/aromatic N) is 4. The number of guanidine groups is 1. The summed E-state index contributed by atoms with van der Waals surface area (Å²) in [5, 5.41) is 20.6. The molecule has 1 aromatic rings. The molecule has 1 atom stereocenters. The van der Waals surface area contributed by atoms with Gasteiger partial charge in [-0.3, -0.25) is 19.8 Å². The second-order valence-corrected chi connectivity index (χ2v) is 7.44. The van der Waals surface area contributed by atoms with Crippen molar-refractivity contribution in [2.24, 2.45) is 4.99 Å². The third-order valence-electron chi connectivity index (χ3n) is 2.99. The van der Waals surface area contributed by atoms with Crippen molar-refractivity contribution in [3.63, 3.8) is 0 Å². The molecule has 1 unspecified atom stereocenters. The highest BCUT2D eigenvalue weighted by Gasteiger charge is 2.10. The van der Waals surface area contributed by atoms with E-state index in [-0.39, 0.29) is 17.5 Å². The van der Waals surface area contributed by atoms with Crippen LogP contribution in [0.25, 0.3) is 0 Å². The molecule has 0 aromatic carbocycles. The quantitative estimate of drug-likeness (QED) is 0.288. The molecule has 0 bridgehead atoms. The van der Waals surface area contributed by atoms with E-state index in [0.29, 0.717) is 25.5 Å². The second kappa shape index (κ2) is 8.46. The minimum atomic E-state index is -2.99. The van der Waals surface area contributed by atoms with Gasteiger partial charge in [0.1, 0.15) is 22.2 Å². The van der Waals surface area contributed by atoms with Crippen molar-refractivity contribution >= 4 is 21.5 Å². The molecule has 1 heterocycles. The minimum Gasteiger partial charge on any atom is -0.355 e. The van der Waals surface area contributed by atoms with E-state index >= 15 is 0 Å². The van der Waals surface area contributed by atoms with Crippen LogP contribution in [-0.4, -0.2) is 60.7 Å². The molecular formula is C12H22N6O4S. The van der Waals surface area contributed by atoms with E-state index in [2.05, 4.69) is 20.7 Å². The molecule has 0 aliphatic heterocycles. The molecule has 0 aliphatic carbocycles. The Morgan fingerprint density at radius 1 is 1.57 bits per heavy atom. The van der Waals surface area contributed by atoms with E-state index in [1.807, 2.05) is 6.92 Å². The van der Waals surface area contributed by atoms with Gasteiger partial charge in [-0.25, -0.2) is 8.42 Å². The maximum atomic E-state index is 11.1. The summed E-state index contributed by atoms with van der Waals surface area (Å²) in [6.07, 6.45) is 4.23. The number of hydrogen-bond donors (Lipinski definition) is 2. The van der Waals surface area contributed by atoms with Crippen LogP contribution in [0.3, 0.4) is 0 Å². The first-order valence-corrected chi connectivity index (χ1v) is 9.09. The van der Waals surface area contributed by atoms with Crippen LogP contribution in [0, 0.1) is 10.1 Å². The predicted molar refractivity (Wildman–Crippen MR) is 87.2 cm³/mol. The maximum Gasteiger partial charge on any atom is 0.306 e. The van der Waals surface area contributed by atoms with Gasteiger partial charge in [0.15, 0.2) is 5.96 Å². The smallest absolute Gasteiger partial charge is 0.306 e.